The molecule has 0 bridgehead atoms. The Morgan fingerprint density at radius 1 is 1.00 bits per heavy atom. The van der Waals surface area contributed by atoms with Crippen LogP contribution in [0.4, 0.5) is 32.0 Å². The summed E-state index contributed by atoms with van der Waals surface area (Å²) in [4.78, 5) is 13.7. The minimum Gasteiger partial charge on any atom is -0.326 e. The standard InChI is InChI=1S/C19H13Cl3F6N2O/c20-13-5-10(6-14(21)15(13)22)17(19(26,27)28)3-4-30(16(17)31)11-2-1-9(8-29)12(7-11)18(23,24)25/h1-2,5-7H,3-4,8,29H2. The summed E-state index contributed by atoms with van der Waals surface area (Å²) in [7, 11) is 0. The van der Waals surface area contributed by atoms with Gasteiger partial charge >= 0.3 is 12.4 Å². The van der Waals surface area contributed by atoms with Gasteiger partial charge < -0.3 is 10.6 Å². The van der Waals surface area contributed by atoms with Crippen molar-refractivity contribution in [2.75, 3.05) is 11.4 Å². The van der Waals surface area contributed by atoms with E-state index >= 15 is 0 Å². The van der Waals surface area contributed by atoms with E-state index in [2.05, 4.69) is 0 Å². The van der Waals surface area contributed by atoms with Crippen molar-refractivity contribution < 1.29 is 31.1 Å². The topological polar surface area (TPSA) is 46.3 Å². The molecule has 1 aliphatic rings. The number of carbonyl (C=O) groups excluding carboxylic acids is 1. The molecule has 1 heterocycles. The van der Waals surface area contributed by atoms with E-state index in [1.807, 2.05) is 0 Å². The molecule has 3 rings (SSSR count). The fourth-order valence-corrected chi connectivity index (χ4v) is 4.23. The van der Waals surface area contributed by atoms with Crippen LogP contribution in [0.1, 0.15) is 23.1 Å². The summed E-state index contributed by atoms with van der Waals surface area (Å²) in [6.45, 7) is -0.910. The Labute approximate surface area is 187 Å². The fourth-order valence-electron chi connectivity index (χ4n) is 3.64. The van der Waals surface area contributed by atoms with Crippen LogP contribution in [-0.4, -0.2) is 18.6 Å². The number of anilines is 1. The number of alkyl halides is 6. The van der Waals surface area contributed by atoms with Crippen molar-refractivity contribution in [2.24, 2.45) is 5.73 Å². The maximum Gasteiger partial charge on any atom is 0.416 e. The molecule has 31 heavy (non-hydrogen) atoms. The first-order valence-corrected chi connectivity index (χ1v) is 9.81. The first-order valence-electron chi connectivity index (χ1n) is 8.68. The summed E-state index contributed by atoms with van der Waals surface area (Å²) in [5, 5.41) is -0.754. The van der Waals surface area contributed by atoms with Crippen LogP contribution in [0.5, 0.6) is 0 Å². The zero-order valence-electron chi connectivity index (χ0n) is 15.3. The van der Waals surface area contributed by atoms with Crippen molar-refractivity contribution >= 4 is 46.4 Å². The third-order valence-electron chi connectivity index (χ3n) is 5.21. The van der Waals surface area contributed by atoms with Gasteiger partial charge in [0, 0.05) is 18.8 Å². The molecule has 1 unspecified atom stereocenters. The molecule has 1 aliphatic heterocycles. The average molecular weight is 506 g/mol. The van der Waals surface area contributed by atoms with Crippen molar-refractivity contribution in [3.63, 3.8) is 0 Å². The number of nitrogens with zero attached hydrogens (tertiary/aromatic N) is 1. The summed E-state index contributed by atoms with van der Waals surface area (Å²) >= 11 is 17.5. The van der Waals surface area contributed by atoms with Crippen molar-refractivity contribution in [3.8, 4) is 0 Å². The molecule has 0 spiro atoms. The minimum atomic E-state index is -5.08. The average Bonchev–Trinajstić information content (AvgIpc) is 3.02. The van der Waals surface area contributed by atoms with Gasteiger partial charge in [0.15, 0.2) is 5.41 Å². The molecule has 168 valence electrons. The van der Waals surface area contributed by atoms with E-state index in [0.717, 1.165) is 24.3 Å². The Balaban J connectivity index is 2.15. The normalized spacial score (nSPS) is 19.9. The summed E-state index contributed by atoms with van der Waals surface area (Å²) in [6.07, 6.45) is -10.6. The maximum atomic E-state index is 14.2. The third kappa shape index (κ3) is 3.97. The Morgan fingerprint density at radius 2 is 1.58 bits per heavy atom. The molecule has 1 atom stereocenters. The lowest BCUT2D eigenvalue weighted by Gasteiger charge is -2.31. The number of hydrogen-bond donors (Lipinski definition) is 1. The zero-order chi connectivity index (χ0) is 23.4. The number of amides is 1. The molecule has 2 N–H and O–H groups in total. The van der Waals surface area contributed by atoms with E-state index in [9.17, 15) is 31.1 Å². The van der Waals surface area contributed by atoms with E-state index < -0.39 is 54.3 Å². The first kappa shape index (κ1) is 24.0. The van der Waals surface area contributed by atoms with Gasteiger partial charge in [-0.2, -0.15) is 26.3 Å². The van der Waals surface area contributed by atoms with Gasteiger partial charge in [-0.25, -0.2) is 0 Å². The third-order valence-corrected chi connectivity index (χ3v) is 6.41. The molecular weight excluding hydrogens is 493 g/mol. The number of hydrogen-bond acceptors (Lipinski definition) is 2. The lowest BCUT2D eigenvalue weighted by molar-refractivity contribution is -0.190. The Kier molecular flexibility index (Phi) is 6.21. The van der Waals surface area contributed by atoms with Crippen molar-refractivity contribution in [3.05, 3.63) is 62.1 Å². The van der Waals surface area contributed by atoms with Crippen molar-refractivity contribution in [1.82, 2.24) is 0 Å². The lowest BCUT2D eigenvalue weighted by Crippen LogP contribution is -2.49. The van der Waals surface area contributed by atoms with E-state index in [-0.39, 0.29) is 26.3 Å². The maximum absolute atomic E-state index is 14.2. The fraction of sp³-hybridized carbons (Fsp3) is 0.316. The van der Waals surface area contributed by atoms with Gasteiger partial charge in [-0.1, -0.05) is 40.9 Å². The molecule has 0 saturated carbocycles. The highest BCUT2D eigenvalue weighted by molar-refractivity contribution is 6.48. The second-order valence-corrected chi connectivity index (χ2v) is 8.10. The molecule has 2 aromatic rings. The molecule has 12 heteroatoms. The monoisotopic (exact) mass is 504 g/mol. The van der Waals surface area contributed by atoms with Crippen molar-refractivity contribution in [1.29, 1.82) is 0 Å². The quantitative estimate of drug-likeness (QED) is 0.390. The SMILES string of the molecule is NCc1ccc(N2CCC(c3cc(Cl)c(Cl)c(Cl)c3)(C(F)(F)F)C2=O)cc1C(F)(F)F. The van der Waals surface area contributed by atoms with Crippen LogP contribution in [0.15, 0.2) is 30.3 Å². The number of carbonyl (C=O) groups is 1. The molecule has 0 radical (unpaired) electrons. The highest BCUT2D eigenvalue weighted by Gasteiger charge is 2.65. The molecule has 2 aromatic carbocycles. The smallest absolute Gasteiger partial charge is 0.326 e. The Hall–Kier alpha value is -1.68. The van der Waals surface area contributed by atoms with Crippen LogP contribution in [0.3, 0.4) is 0 Å². The highest BCUT2D eigenvalue weighted by Crippen LogP contribution is 2.51. The Bertz CT molecular complexity index is 1020. The largest absolute Gasteiger partial charge is 0.416 e. The van der Waals surface area contributed by atoms with Gasteiger partial charge in [0.25, 0.3) is 0 Å². The van der Waals surface area contributed by atoms with Gasteiger partial charge in [0.1, 0.15) is 0 Å². The van der Waals surface area contributed by atoms with E-state index in [0.29, 0.717) is 11.0 Å². The summed E-state index contributed by atoms with van der Waals surface area (Å²) in [6, 6.07) is 4.57. The molecule has 0 aromatic heterocycles. The van der Waals surface area contributed by atoms with Crippen LogP contribution >= 0.6 is 34.8 Å². The molecule has 1 saturated heterocycles. The second kappa shape index (κ2) is 8.03. The zero-order valence-corrected chi connectivity index (χ0v) is 17.6. The number of benzene rings is 2. The molecule has 3 nitrogen and oxygen atoms in total. The van der Waals surface area contributed by atoms with Crippen LogP contribution in [0, 0.1) is 0 Å². The van der Waals surface area contributed by atoms with Gasteiger partial charge in [-0.05, 0) is 41.8 Å². The lowest BCUT2D eigenvalue weighted by atomic mass is 9.78. The van der Waals surface area contributed by atoms with Gasteiger partial charge in [-0.15, -0.1) is 0 Å². The first-order chi connectivity index (χ1) is 14.2. The molecule has 0 aliphatic carbocycles. The van der Waals surface area contributed by atoms with Gasteiger partial charge in [0.05, 0.1) is 20.6 Å². The summed E-state index contributed by atoms with van der Waals surface area (Å²) < 4.78 is 82.7. The van der Waals surface area contributed by atoms with Gasteiger partial charge in [0.2, 0.25) is 5.91 Å². The number of halogens is 9. The summed E-state index contributed by atoms with van der Waals surface area (Å²) in [5.41, 5.74) is 0.0450. The van der Waals surface area contributed by atoms with Crippen LogP contribution in [0.25, 0.3) is 0 Å². The van der Waals surface area contributed by atoms with Gasteiger partial charge in [-0.3, -0.25) is 4.79 Å². The number of nitrogens with two attached hydrogens (primary N) is 1. The van der Waals surface area contributed by atoms with E-state index in [1.54, 1.807) is 0 Å². The van der Waals surface area contributed by atoms with Crippen molar-refractivity contribution in [2.45, 2.75) is 30.7 Å². The predicted octanol–water partition coefficient (Wildman–Crippen LogP) is 6.36. The summed E-state index contributed by atoms with van der Waals surface area (Å²) in [5.74, 6) is -1.44. The molecule has 1 amide bonds. The molecule has 1 fully saturated rings. The second-order valence-electron chi connectivity index (χ2n) is 6.91. The van der Waals surface area contributed by atoms with E-state index in [4.69, 9.17) is 40.5 Å². The molecular formula is C19H13Cl3F6N2O. The predicted molar refractivity (Wildman–Crippen MR) is 106 cm³/mol. The highest BCUT2D eigenvalue weighted by atomic mass is 35.5. The minimum absolute atomic E-state index is 0.182. The van der Waals surface area contributed by atoms with E-state index in [1.165, 1.54) is 0 Å². The Morgan fingerprint density at radius 3 is 2.06 bits per heavy atom. The van der Waals surface area contributed by atoms with Crippen LogP contribution in [-0.2, 0) is 22.9 Å². The number of rotatable bonds is 3. The van der Waals surface area contributed by atoms with Crippen LogP contribution < -0.4 is 10.6 Å². The van der Waals surface area contributed by atoms with Crippen LogP contribution in [0.2, 0.25) is 15.1 Å².